The molecule has 0 unspecified atom stereocenters. The molecule has 40 heavy (non-hydrogen) atoms. The third-order valence-corrected chi connectivity index (χ3v) is 12.2. The van der Waals surface area contributed by atoms with Crippen molar-refractivity contribution in [3.63, 3.8) is 0 Å². The Balaban J connectivity index is 0.00000441. The Morgan fingerprint density at radius 2 is 1.68 bits per heavy atom. The van der Waals surface area contributed by atoms with Crippen LogP contribution in [0.3, 0.4) is 0 Å². The zero-order chi connectivity index (χ0) is 28.8. The number of aliphatic hydroxyl groups is 3. The predicted molar refractivity (Wildman–Crippen MR) is 151 cm³/mol. The van der Waals surface area contributed by atoms with Crippen LogP contribution in [0.25, 0.3) is 0 Å². The van der Waals surface area contributed by atoms with E-state index in [9.17, 15) is 33.3 Å². The van der Waals surface area contributed by atoms with Crippen LogP contribution in [-0.2, 0) is 19.7 Å². The van der Waals surface area contributed by atoms with Gasteiger partial charge in [-0.15, -0.1) is 0 Å². The van der Waals surface area contributed by atoms with E-state index in [1.165, 1.54) is 0 Å². The summed E-state index contributed by atoms with van der Waals surface area (Å²) in [5.41, 5.74) is -0.297. The molecule has 0 aliphatic heterocycles. The van der Waals surface area contributed by atoms with Crippen LogP contribution in [0.4, 0.5) is 0 Å². The molecule has 0 spiro atoms. The van der Waals surface area contributed by atoms with Gasteiger partial charge in [-0.2, -0.15) is 8.42 Å². The van der Waals surface area contributed by atoms with Crippen molar-refractivity contribution in [1.29, 1.82) is 0 Å². The van der Waals surface area contributed by atoms with Gasteiger partial charge in [0.1, 0.15) is 0 Å². The summed E-state index contributed by atoms with van der Waals surface area (Å²) >= 11 is 0. The van der Waals surface area contributed by atoms with Gasteiger partial charge in [-0.3, -0.25) is 14.1 Å². The maximum atomic E-state index is 12.4. The molecule has 1 radical (unpaired) electrons. The van der Waals surface area contributed by atoms with E-state index in [1.807, 2.05) is 0 Å². The SMILES string of the molecule is C[C@H](CCC(=O)NCC(=O)NCCS(=O)(=O)O)[C@H]1CC[C@H]2[C@@H]3[C@@H](O)C[C@@H]4C[C@H](O)CC[C@@]4(C)[C@H]3C[C@@H](O)[C@]12C.[Na]. The molecule has 0 heterocycles. The van der Waals surface area contributed by atoms with Crippen LogP contribution in [0.15, 0.2) is 0 Å². The molecule has 4 saturated carbocycles. The normalized spacial score (nSPS) is 41.5. The number of rotatable bonds is 9. The quantitative estimate of drug-likeness (QED) is 0.170. The molecule has 12 heteroatoms. The average molecular weight is 596 g/mol. The number of fused-ring (bicyclic) bond motifs is 5. The summed E-state index contributed by atoms with van der Waals surface area (Å²) in [4.78, 5) is 24.2. The molecule has 11 atom stereocenters. The van der Waals surface area contributed by atoms with Gasteiger partial charge in [0.15, 0.2) is 0 Å². The standard InChI is InChI=1S/C28H48N2O8S.Na/c1-16(4-7-24(34)30-15-25(35)29-10-11-39(36,37)38)19-5-6-20-26-21(14-23(33)28(19,20)3)27(2)9-8-18(31)12-17(27)13-22(26)32;/h16-23,26,31-33H,4-15H2,1-3H3,(H,29,35)(H,30,34)(H,36,37,38);/t16-,17+,18-,19-,20+,21+,22+,23-,26+,27-,28-;/m1./s1. The van der Waals surface area contributed by atoms with Crippen LogP contribution >= 0.6 is 0 Å². The van der Waals surface area contributed by atoms with Gasteiger partial charge in [0.05, 0.1) is 30.6 Å². The average Bonchev–Trinajstić information content (AvgIpc) is 3.20. The molecule has 6 N–H and O–H groups in total. The summed E-state index contributed by atoms with van der Waals surface area (Å²) in [7, 11) is -4.16. The maximum Gasteiger partial charge on any atom is 0.266 e. The molecular formula is C28H48N2NaO8S. The number of aliphatic hydroxyl groups excluding tert-OH is 3. The van der Waals surface area contributed by atoms with Gasteiger partial charge in [-0.1, -0.05) is 20.8 Å². The number of hydrogen-bond acceptors (Lipinski definition) is 7. The minimum absolute atomic E-state index is 0. The molecule has 4 fully saturated rings. The van der Waals surface area contributed by atoms with Crippen molar-refractivity contribution in [3.8, 4) is 0 Å². The summed E-state index contributed by atoms with van der Waals surface area (Å²) in [5.74, 6) is -0.0801. The van der Waals surface area contributed by atoms with Crippen LogP contribution in [0, 0.1) is 46.3 Å². The molecule has 0 aromatic heterocycles. The Labute approximate surface area is 260 Å². The Hall–Kier alpha value is -0.270. The molecule has 4 rings (SSSR count). The Morgan fingerprint density at radius 1 is 0.975 bits per heavy atom. The molecule has 2 amide bonds. The molecule has 0 saturated heterocycles. The van der Waals surface area contributed by atoms with Gasteiger partial charge in [0.25, 0.3) is 10.1 Å². The predicted octanol–water partition coefficient (Wildman–Crippen LogP) is 1.10. The molecule has 4 aliphatic carbocycles. The Bertz CT molecular complexity index is 1030. The molecule has 0 aromatic carbocycles. The Morgan fingerprint density at radius 3 is 2.35 bits per heavy atom. The number of carbonyl (C=O) groups excluding carboxylic acids is 2. The van der Waals surface area contributed by atoms with E-state index in [-0.39, 0.29) is 107 Å². The minimum atomic E-state index is -4.16. The smallest absolute Gasteiger partial charge is 0.266 e. The van der Waals surface area contributed by atoms with E-state index in [2.05, 4.69) is 31.4 Å². The molecule has 10 nitrogen and oxygen atoms in total. The van der Waals surface area contributed by atoms with E-state index in [1.54, 1.807) is 0 Å². The van der Waals surface area contributed by atoms with Crippen molar-refractivity contribution in [1.82, 2.24) is 10.6 Å². The van der Waals surface area contributed by atoms with Crippen molar-refractivity contribution >= 4 is 51.5 Å². The molecule has 4 aliphatic rings. The van der Waals surface area contributed by atoms with E-state index in [0.717, 1.165) is 38.5 Å². The largest absolute Gasteiger partial charge is 0.393 e. The second kappa shape index (κ2) is 13.2. The van der Waals surface area contributed by atoms with Gasteiger partial charge < -0.3 is 26.0 Å². The third kappa shape index (κ3) is 6.93. The van der Waals surface area contributed by atoms with E-state index in [0.29, 0.717) is 12.8 Å². The summed E-state index contributed by atoms with van der Waals surface area (Å²) in [6.07, 6.45) is 5.44. The van der Waals surface area contributed by atoms with Gasteiger partial charge in [0.2, 0.25) is 11.8 Å². The Kier molecular flexibility index (Phi) is 11.3. The first-order valence-corrected chi connectivity index (χ1v) is 16.3. The van der Waals surface area contributed by atoms with Gasteiger partial charge in [-0.25, -0.2) is 0 Å². The molecule has 225 valence electrons. The van der Waals surface area contributed by atoms with E-state index < -0.39 is 34.0 Å². The number of nitrogens with one attached hydrogen (secondary N) is 2. The number of carbonyl (C=O) groups is 2. The summed E-state index contributed by atoms with van der Waals surface area (Å²) in [5, 5.41) is 38.3. The zero-order valence-corrected chi connectivity index (χ0v) is 27.3. The molecular weight excluding hydrogens is 547 g/mol. The van der Waals surface area contributed by atoms with Crippen LogP contribution in [0.2, 0.25) is 0 Å². The zero-order valence-electron chi connectivity index (χ0n) is 24.5. The second-order valence-corrected chi connectivity index (χ2v) is 15.0. The van der Waals surface area contributed by atoms with Crippen molar-refractivity contribution in [2.24, 2.45) is 46.3 Å². The van der Waals surface area contributed by atoms with Crippen molar-refractivity contribution in [3.05, 3.63) is 0 Å². The number of hydrogen-bond donors (Lipinski definition) is 6. The van der Waals surface area contributed by atoms with Gasteiger partial charge in [-0.05, 0) is 97.7 Å². The monoisotopic (exact) mass is 595 g/mol. The third-order valence-electron chi connectivity index (χ3n) is 11.5. The van der Waals surface area contributed by atoms with Crippen LogP contribution in [0.5, 0.6) is 0 Å². The first-order valence-electron chi connectivity index (χ1n) is 14.7. The molecule has 0 bridgehead atoms. The van der Waals surface area contributed by atoms with Crippen LogP contribution in [0.1, 0.15) is 78.6 Å². The van der Waals surface area contributed by atoms with Crippen molar-refractivity contribution in [2.45, 2.75) is 96.9 Å². The maximum absolute atomic E-state index is 12.4. The van der Waals surface area contributed by atoms with E-state index >= 15 is 0 Å². The fourth-order valence-electron chi connectivity index (χ4n) is 9.34. The van der Waals surface area contributed by atoms with Crippen molar-refractivity contribution < 1.29 is 37.9 Å². The van der Waals surface area contributed by atoms with E-state index in [4.69, 9.17) is 4.55 Å². The fraction of sp³-hybridized carbons (Fsp3) is 0.929. The minimum Gasteiger partial charge on any atom is -0.393 e. The van der Waals surface area contributed by atoms with Gasteiger partial charge >= 0.3 is 0 Å². The summed E-state index contributed by atoms with van der Waals surface area (Å²) < 4.78 is 30.2. The summed E-state index contributed by atoms with van der Waals surface area (Å²) in [6, 6.07) is 0. The van der Waals surface area contributed by atoms with Crippen LogP contribution < -0.4 is 10.6 Å². The first kappa shape index (κ1) is 34.2. The molecule has 0 aromatic rings. The second-order valence-electron chi connectivity index (χ2n) is 13.5. The summed E-state index contributed by atoms with van der Waals surface area (Å²) in [6.45, 7) is 6.15. The fourth-order valence-corrected chi connectivity index (χ4v) is 9.70. The first-order chi connectivity index (χ1) is 18.2. The number of amides is 2. The van der Waals surface area contributed by atoms with Gasteiger partial charge in [0, 0.05) is 42.5 Å². The topological polar surface area (TPSA) is 173 Å². The van der Waals surface area contributed by atoms with Crippen molar-refractivity contribution in [2.75, 3.05) is 18.8 Å². The van der Waals surface area contributed by atoms with Crippen LogP contribution in [-0.4, -0.2) is 107 Å².